The molecule has 0 heterocycles. The van der Waals surface area contributed by atoms with Crippen molar-refractivity contribution in [2.24, 2.45) is 0 Å². The van der Waals surface area contributed by atoms with Crippen molar-refractivity contribution in [1.82, 2.24) is 0 Å². The molecular formula is C22H8N2O. The monoisotopic (exact) mass is 316 g/mol. The van der Waals surface area contributed by atoms with Crippen molar-refractivity contribution in [1.29, 1.82) is 0 Å². The largest absolute Gasteiger partial charge is 0.407 e. The Kier molecular flexibility index (Phi) is 8.51. The molecule has 0 saturated heterocycles. The Morgan fingerprint density at radius 3 is 1.44 bits per heavy atom. The van der Waals surface area contributed by atoms with Crippen molar-refractivity contribution >= 4 is 11.4 Å². The van der Waals surface area contributed by atoms with Crippen LogP contribution in [0.2, 0.25) is 0 Å². The highest BCUT2D eigenvalue weighted by molar-refractivity contribution is 5.57. The minimum atomic E-state index is 0.440. The van der Waals surface area contributed by atoms with Crippen molar-refractivity contribution in [3.05, 3.63) is 18.2 Å². The fourth-order valence-corrected chi connectivity index (χ4v) is 1.19. The van der Waals surface area contributed by atoms with Crippen molar-refractivity contribution in [2.45, 2.75) is 0 Å². The second-order valence-electron chi connectivity index (χ2n) is 3.81. The third-order valence-corrected chi connectivity index (χ3v) is 1.99. The van der Waals surface area contributed by atoms with Gasteiger partial charge >= 0.3 is 0 Å². The van der Waals surface area contributed by atoms with Gasteiger partial charge in [0, 0.05) is 65.0 Å². The average molecular weight is 316 g/mol. The van der Waals surface area contributed by atoms with Crippen LogP contribution < -0.4 is 16.2 Å². The molecular weight excluding hydrogens is 308 g/mol. The second-order valence-corrected chi connectivity index (χ2v) is 3.81. The topological polar surface area (TPSA) is 61.3 Å². The van der Waals surface area contributed by atoms with Gasteiger partial charge in [0.25, 0.3) is 0 Å². The van der Waals surface area contributed by atoms with Crippen molar-refractivity contribution < 1.29 is 4.74 Å². The number of benzene rings is 1. The first-order chi connectivity index (χ1) is 12.2. The van der Waals surface area contributed by atoms with Crippen LogP contribution >= 0.6 is 0 Å². The zero-order valence-electron chi connectivity index (χ0n) is 12.9. The molecule has 0 aliphatic rings. The van der Waals surface area contributed by atoms with Crippen LogP contribution in [0.4, 0.5) is 11.4 Å². The molecule has 1 rings (SSSR count). The molecule has 25 heavy (non-hydrogen) atoms. The van der Waals surface area contributed by atoms with E-state index in [1.165, 1.54) is 0 Å². The van der Waals surface area contributed by atoms with Crippen LogP contribution in [0, 0.1) is 95.4 Å². The van der Waals surface area contributed by atoms with Crippen molar-refractivity contribution in [2.75, 3.05) is 11.5 Å². The number of hydrogen-bond donors (Lipinski definition) is 2. The Morgan fingerprint density at radius 2 is 1.00 bits per heavy atom. The van der Waals surface area contributed by atoms with Gasteiger partial charge in [-0.05, 0) is 47.5 Å². The Hall–Kier alpha value is -4.90. The Balaban J connectivity index is 2.49. The third-order valence-electron chi connectivity index (χ3n) is 1.99. The molecule has 0 saturated carbocycles. The smallest absolute Gasteiger partial charge is 0.144 e. The zero-order valence-corrected chi connectivity index (χ0v) is 12.9. The van der Waals surface area contributed by atoms with Gasteiger partial charge in [-0.3, -0.25) is 0 Å². The Labute approximate surface area is 147 Å². The lowest BCUT2D eigenvalue weighted by atomic mass is 10.3. The highest BCUT2D eigenvalue weighted by Gasteiger charge is 1.95. The van der Waals surface area contributed by atoms with Crippen LogP contribution in [0.3, 0.4) is 0 Å². The quantitative estimate of drug-likeness (QED) is 0.596. The average Bonchev–Trinajstić information content (AvgIpc) is 2.57. The van der Waals surface area contributed by atoms with E-state index in [0.29, 0.717) is 17.1 Å². The maximum Gasteiger partial charge on any atom is 0.144 e. The predicted octanol–water partition coefficient (Wildman–Crippen LogP) is 0.844. The fraction of sp³-hybridized carbons (Fsp3) is 0. The first-order valence-corrected chi connectivity index (χ1v) is 6.51. The molecule has 1 aromatic carbocycles. The number of anilines is 2. The predicted molar refractivity (Wildman–Crippen MR) is 99.2 cm³/mol. The molecule has 0 fully saturated rings. The van der Waals surface area contributed by atoms with Gasteiger partial charge in [0.15, 0.2) is 0 Å². The molecule has 0 atom stereocenters. The van der Waals surface area contributed by atoms with E-state index in [0.717, 1.165) is 0 Å². The van der Waals surface area contributed by atoms with E-state index in [1.54, 1.807) is 18.2 Å². The van der Waals surface area contributed by atoms with Crippen LogP contribution in [0.1, 0.15) is 0 Å². The van der Waals surface area contributed by atoms with E-state index >= 15 is 0 Å². The standard InChI is InChI=1S/C22H8N2O/c1-2-3-4-5-6-7-8-9-10-11-12-13-14-15-16-25-22-18-20(23)17-21(24)19-22/h1,17-19H,23-24H2. The molecule has 0 aliphatic carbocycles. The zero-order chi connectivity index (χ0) is 18.2. The maximum absolute atomic E-state index is 5.62. The number of ether oxygens (including phenoxy) is 1. The SMILES string of the molecule is C#CC#CC#CC#CC#CC#CC#CC#COc1cc(N)cc(N)c1. The second kappa shape index (κ2) is 11.7. The normalized spacial score (nSPS) is 6.04. The molecule has 0 radical (unpaired) electrons. The van der Waals surface area contributed by atoms with Gasteiger partial charge in [0.05, 0.1) is 0 Å². The van der Waals surface area contributed by atoms with Gasteiger partial charge < -0.3 is 16.2 Å². The Morgan fingerprint density at radius 1 is 0.600 bits per heavy atom. The lowest BCUT2D eigenvalue weighted by Gasteiger charge is -2.00. The van der Waals surface area contributed by atoms with Gasteiger partial charge in [0.2, 0.25) is 0 Å². The minimum Gasteiger partial charge on any atom is -0.407 e. The Bertz CT molecular complexity index is 1110. The summed E-state index contributed by atoms with van der Waals surface area (Å²) in [5.74, 6) is 34.5. The number of terminal acetylenes is 1. The van der Waals surface area contributed by atoms with Crippen LogP contribution in [0.5, 0.6) is 5.75 Å². The lowest BCUT2D eigenvalue weighted by Crippen LogP contribution is -1.92. The van der Waals surface area contributed by atoms with Gasteiger partial charge in [0.1, 0.15) is 11.9 Å². The van der Waals surface area contributed by atoms with Crippen LogP contribution in [0.15, 0.2) is 18.2 Å². The minimum absolute atomic E-state index is 0.440. The number of nitrogen functional groups attached to an aromatic ring is 2. The van der Waals surface area contributed by atoms with Gasteiger partial charge in [-0.15, -0.1) is 6.42 Å². The van der Waals surface area contributed by atoms with Gasteiger partial charge in [-0.1, -0.05) is 0 Å². The molecule has 1 aromatic rings. The summed E-state index contributed by atoms with van der Waals surface area (Å²) in [7, 11) is 0. The number of nitrogens with two attached hydrogens (primary N) is 2. The summed E-state index contributed by atoms with van der Waals surface area (Å²) in [6, 6.07) is 4.81. The van der Waals surface area contributed by atoms with Crippen LogP contribution in [0.25, 0.3) is 0 Å². The van der Waals surface area contributed by atoms with Gasteiger partial charge in [-0.2, -0.15) is 0 Å². The highest BCUT2D eigenvalue weighted by Crippen LogP contribution is 2.19. The van der Waals surface area contributed by atoms with Gasteiger partial charge in [-0.25, -0.2) is 0 Å². The molecule has 0 aromatic heterocycles. The lowest BCUT2D eigenvalue weighted by molar-refractivity contribution is 0.521. The first-order valence-electron chi connectivity index (χ1n) is 6.51. The summed E-state index contributed by atoms with van der Waals surface area (Å²) in [6.45, 7) is 0. The molecule has 4 N–H and O–H groups in total. The molecule has 112 valence electrons. The molecule has 0 aliphatic heterocycles. The first kappa shape index (κ1) is 18.1. The number of rotatable bonds is 1. The molecule has 0 unspecified atom stereocenters. The maximum atomic E-state index is 5.62. The van der Waals surface area contributed by atoms with E-state index in [1.807, 2.05) is 0 Å². The summed E-state index contributed by atoms with van der Waals surface area (Å²) in [6.07, 6.45) is 7.31. The summed E-state index contributed by atoms with van der Waals surface area (Å²) in [5.41, 5.74) is 12.2. The van der Waals surface area contributed by atoms with E-state index in [9.17, 15) is 0 Å². The molecule has 3 heteroatoms. The van der Waals surface area contributed by atoms with E-state index in [2.05, 4.69) is 89.0 Å². The third kappa shape index (κ3) is 9.62. The molecule has 3 nitrogen and oxygen atoms in total. The fourth-order valence-electron chi connectivity index (χ4n) is 1.19. The van der Waals surface area contributed by atoms with E-state index in [4.69, 9.17) is 22.6 Å². The van der Waals surface area contributed by atoms with E-state index in [-0.39, 0.29) is 0 Å². The highest BCUT2D eigenvalue weighted by atomic mass is 16.5. The van der Waals surface area contributed by atoms with Crippen LogP contribution in [-0.2, 0) is 0 Å². The number of hydrogen-bond acceptors (Lipinski definition) is 3. The van der Waals surface area contributed by atoms with E-state index < -0.39 is 0 Å². The van der Waals surface area contributed by atoms with Crippen molar-refractivity contribution in [3.8, 4) is 101 Å². The summed E-state index contributed by atoms with van der Waals surface area (Å²) >= 11 is 0. The van der Waals surface area contributed by atoms with Crippen LogP contribution in [-0.4, -0.2) is 0 Å². The summed E-state index contributed by atoms with van der Waals surface area (Å²) < 4.78 is 5.12. The van der Waals surface area contributed by atoms with Crippen molar-refractivity contribution in [3.63, 3.8) is 0 Å². The molecule has 0 spiro atoms. The molecule has 0 amide bonds. The summed E-state index contributed by atoms with van der Waals surface area (Å²) in [4.78, 5) is 0. The summed E-state index contributed by atoms with van der Waals surface area (Å²) in [5, 5.41) is 0. The molecule has 0 bridgehead atoms.